The average molecular weight is 417 g/mol. The number of aliphatic hydroxyl groups excluding tert-OH is 4. The Morgan fingerprint density at radius 2 is 1.81 bits per heavy atom. The standard InChI is InChI=1S/C12H19NO13S/c13-9-8(17)7(16)5(2-24-27(21,22)23)26-12(9,20)10-6(15)3(14)1-4(25-10)11(18)19/h1,3,5-10,14-17,20H,2,13H2,(H,18,19)(H,21,22,23)/t3-,5+,6+,7+,8-,9+,10?,12?/m0/s1. The van der Waals surface area contributed by atoms with Crippen LogP contribution in [0.25, 0.3) is 0 Å². The number of aliphatic hydroxyl groups is 5. The Labute approximate surface area is 151 Å². The largest absolute Gasteiger partial charge is 0.475 e. The fourth-order valence-corrected chi connectivity index (χ4v) is 3.05. The fraction of sp³-hybridized carbons (Fsp3) is 0.750. The van der Waals surface area contributed by atoms with Gasteiger partial charge in [0.05, 0.1) is 12.6 Å². The highest BCUT2D eigenvalue weighted by atomic mass is 32.3. The van der Waals surface area contributed by atoms with Crippen molar-refractivity contribution < 1.29 is 62.1 Å². The van der Waals surface area contributed by atoms with Gasteiger partial charge in [-0.05, 0) is 6.08 Å². The molecule has 9 N–H and O–H groups in total. The summed E-state index contributed by atoms with van der Waals surface area (Å²) >= 11 is 0. The molecule has 1 saturated heterocycles. The molecule has 0 saturated carbocycles. The predicted molar refractivity (Wildman–Crippen MR) is 79.9 cm³/mol. The minimum absolute atomic E-state index is 0.644. The van der Waals surface area contributed by atoms with Crippen molar-refractivity contribution in [3.8, 4) is 0 Å². The van der Waals surface area contributed by atoms with Crippen LogP contribution in [0.5, 0.6) is 0 Å². The molecule has 2 unspecified atom stereocenters. The number of hydrogen-bond acceptors (Lipinski definition) is 12. The molecule has 2 heterocycles. The van der Waals surface area contributed by atoms with E-state index in [4.69, 9.17) is 24.9 Å². The molecule has 0 aromatic heterocycles. The van der Waals surface area contributed by atoms with Crippen LogP contribution in [-0.2, 0) is 28.9 Å². The summed E-state index contributed by atoms with van der Waals surface area (Å²) in [6.07, 6.45) is -10.9. The first kappa shape index (κ1) is 21.9. The number of hydrogen-bond donors (Lipinski definition) is 8. The Bertz CT molecular complexity index is 710. The number of carboxylic acid groups (broad SMARTS) is 1. The lowest BCUT2D eigenvalue weighted by atomic mass is 9.84. The van der Waals surface area contributed by atoms with Crippen molar-refractivity contribution in [3.63, 3.8) is 0 Å². The van der Waals surface area contributed by atoms with E-state index < -0.39 is 77.2 Å². The molecule has 0 amide bonds. The SMILES string of the molecule is N[C@@H]1[C@@H](O)[C@H](O)[C@@H](COS(=O)(=O)O)OC1(O)C1OC(C(=O)O)=C[C@H](O)[C@H]1O. The van der Waals surface area contributed by atoms with Gasteiger partial charge in [-0.2, -0.15) is 8.42 Å². The van der Waals surface area contributed by atoms with Crippen LogP contribution in [0.3, 0.4) is 0 Å². The van der Waals surface area contributed by atoms with Crippen molar-refractivity contribution in [1.82, 2.24) is 0 Å². The van der Waals surface area contributed by atoms with Crippen molar-refractivity contribution in [1.29, 1.82) is 0 Å². The van der Waals surface area contributed by atoms with Crippen LogP contribution in [-0.4, -0.2) is 105 Å². The van der Waals surface area contributed by atoms with Gasteiger partial charge < -0.3 is 45.8 Å². The lowest BCUT2D eigenvalue weighted by molar-refractivity contribution is -0.358. The van der Waals surface area contributed by atoms with Gasteiger partial charge in [-0.15, -0.1) is 0 Å². The molecule has 15 heteroatoms. The van der Waals surface area contributed by atoms with Gasteiger partial charge >= 0.3 is 16.4 Å². The molecule has 2 rings (SSSR count). The van der Waals surface area contributed by atoms with E-state index >= 15 is 0 Å². The summed E-state index contributed by atoms with van der Waals surface area (Å²) in [7, 11) is -4.97. The predicted octanol–water partition coefficient (Wildman–Crippen LogP) is -4.97. The third-order valence-electron chi connectivity index (χ3n) is 4.15. The van der Waals surface area contributed by atoms with Gasteiger partial charge in [0.1, 0.15) is 30.5 Å². The number of aliphatic carboxylic acids is 1. The molecule has 0 aromatic carbocycles. The molecule has 1 fully saturated rings. The van der Waals surface area contributed by atoms with Gasteiger partial charge in [-0.25, -0.2) is 8.98 Å². The van der Waals surface area contributed by atoms with Crippen molar-refractivity contribution in [3.05, 3.63) is 11.8 Å². The van der Waals surface area contributed by atoms with E-state index in [2.05, 4.69) is 4.18 Å². The third-order valence-corrected chi connectivity index (χ3v) is 4.59. The molecule has 0 radical (unpaired) electrons. The first-order chi connectivity index (χ1) is 12.3. The summed E-state index contributed by atoms with van der Waals surface area (Å²) in [5, 5.41) is 59.5. The Morgan fingerprint density at radius 3 is 2.33 bits per heavy atom. The number of nitrogens with two attached hydrogens (primary N) is 1. The number of carboxylic acids is 1. The van der Waals surface area contributed by atoms with Crippen LogP contribution >= 0.6 is 0 Å². The first-order valence-corrected chi connectivity index (χ1v) is 8.76. The second-order valence-electron chi connectivity index (χ2n) is 5.98. The van der Waals surface area contributed by atoms with E-state index in [0.717, 1.165) is 0 Å². The molecular weight excluding hydrogens is 398 g/mol. The first-order valence-electron chi connectivity index (χ1n) is 7.39. The summed E-state index contributed by atoms with van der Waals surface area (Å²) < 4.78 is 44.0. The van der Waals surface area contributed by atoms with Gasteiger partial charge in [0.25, 0.3) is 0 Å². The highest BCUT2D eigenvalue weighted by Crippen LogP contribution is 2.36. The second kappa shape index (κ2) is 7.55. The summed E-state index contributed by atoms with van der Waals surface area (Å²) in [5.74, 6) is -5.43. The van der Waals surface area contributed by atoms with Crippen LogP contribution in [0.1, 0.15) is 0 Å². The number of carbonyl (C=O) groups is 1. The smallest absolute Gasteiger partial charge is 0.397 e. The van der Waals surface area contributed by atoms with E-state index in [0.29, 0.717) is 6.08 Å². The summed E-state index contributed by atoms with van der Waals surface area (Å²) in [4.78, 5) is 11.1. The zero-order chi connectivity index (χ0) is 20.7. The molecule has 156 valence electrons. The van der Waals surface area contributed by atoms with Crippen LogP contribution in [0, 0.1) is 0 Å². The topological polar surface area (TPSA) is 247 Å². The minimum atomic E-state index is -4.97. The monoisotopic (exact) mass is 417 g/mol. The van der Waals surface area contributed by atoms with E-state index in [-0.39, 0.29) is 0 Å². The van der Waals surface area contributed by atoms with Crippen LogP contribution in [0.2, 0.25) is 0 Å². The summed E-state index contributed by atoms with van der Waals surface area (Å²) in [6, 6.07) is -1.89. The molecule has 2 aliphatic heterocycles. The molecule has 0 bridgehead atoms. The van der Waals surface area contributed by atoms with Gasteiger partial charge in [-0.1, -0.05) is 0 Å². The third kappa shape index (κ3) is 4.37. The minimum Gasteiger partial charge on any atom is -0.475 e. The summed E-state index contributed by atoms with van der Waals surface area (Å²) in [6.45, 7) is -1.08. The normalized spacial score (nSPS) is 42.9. The molecule has 0 aromatic rings. The maximum absolute atomic E-state index is 11.1. The molecule has 14 nitrogen and oxygen atoms in total. The Balaban J connectivity index is 2.34. The highest BCUT2D eigenvalue weighted by molar-refractivity contribution is 7.80. The molecule has 2 aliphatic rings. The Kier molecular flexibility index (Phi) is 6.12. The van der Waals surface area contributed by atoms with E-state index in [9.17, 15) is 38.7 Å². The number of rotatable bonds is 5. The second-order valence-corrected chi connectivity index (χ2v) is 7.07. The average Bonchev–Trinajstić information content (AvgIpc) is 2.56. The molecular formula is C12H19NO13S. The molecule has 27 heavy (non-hydrogen) atoms. The van der Waals surface area contributed by atoms with Crippen molar-refractivity contribution in [2.45, 2.75) is 48.5 Å². The van der Waals surface area contributed by atoms with E-state index in [1.165, 1.54) is 0 Å². The van der Waals surface area contributed by atoms with Gasteiger partial charge in [-0.3, -0.25) is 4.55 Å². The maximum atomic E-state index is 11.1. The molecule has 0 aliphatic carbocycles. The Hall–Kier alpha value is -1.40. The van der Waals surface area contributed by atoms with Crippen molar-refractivity contribution >= 4 is 16.4 Å². The zero-order valence-electron chi connectivity index (χ0n) is 13.4. The zero-order valence-corrected chi connectivity index (χ0v) is 14.2. The summed E-state index contributed by atoms with van der Waals surface area (Å²) in [5.41, 5.74) is 5.62. The quantitative estimate of drug-likeness (QED) is 0.195. The van der Waals surface area contributed by atoms with Gasteiger partial charge in [0.15, 0.2) is 6.10 Å². The highest BCUT2D eigenvalue weighted by Gasteiger charge is 2.60. The van der Waals surface area contributed by atoms with Gasteiger partial charge in [0, 0.05) is 0 Å². The van der Waals surface area contributed by atoms with Gasteiger partial charge in [0.2, 0.25) is 11.5 Å². The molecule has 8 atom stereocenters. The maximum Gasteiger partial charge on any atom is 0.397 e. The Morgan fingerprint density at radius 1 is 1.22 bits per heavy atom. The van der Waals surface area contributed by atoms with Crippen LogP contribution in [0.4, 0.5) is 0 Å². The van der Waals surface area contributed by atoms with Crippen LogP contribution < -0.4 is 5.73 Å². The van der Waals surface area contributed by atoms with E-state index in [1.54, 1.807) is 0 Å². The van der Waals surface area contributed by atoms with E-state index in [1.807, 2.05) is 0 Å². The lowest BCUT2D eigenvalue weighted by Gasteiger charge is -2.50. The number of ether oxygens (including phenoxy) is 2. The lowest BCUT2D eigenvalue weighted by Crippen LogP contribution is -2.75. The molecule has 0 spiro atoms. The van der Waals surface area contributed by atoms with Crippen LogP contribution in [0.15, 0.2) is 11.8 Å². The van der Waals surface area contributed by atoms with Crippen molar-refractivity contribution in [2.24, 2.45) is 5.73 Å². The fourth-order valence-electron chi connectivity index (χ4n) is 2.74. The van der Waals surface area contributed by atoms with Crippen molar-refractivity contribution in [2.75, 3.05) is 6.61 Å².